The molecule has 1 aromatic carbocycles. The zero-order valence-electron chi connectivity index (χ0n) is 14.2. The van der Waals surface area contributed by atoms with Crippen molar-refractivity contribution in [2.45, 2.75) is 6.54 Å². The number of fused-ring (bicyclic) bond motifs is 1. The van der Waals surface area contributed by atoms with Gasteiger partial charge in [-0.25, -0.2) is 14.1 Å². The topological polar surface area (TPSA) is 108 Å². The number of hydrogen-bond donors (Lipinski definition) is 1. The second kappa shape index (κ2) is 5.83. The van der Waals surface area contributed by atoms with Gasteiger partial charge in [0.1, 0.15) is 18.7 Å². The lowest BCUT2D eigenvalue weighted by atomic mass is 10.1. The van der Waals surface area contributed by atoms with Crippen LogP contribution in [0.3, 0.4) is 0 Å². The van der Waals surface area contributed by atoms with Gasteiger partial charge in [-0.3, -0.25) is 0 Å². The van der Waals surface area contributed by atoms with Crippen LogP contribution >= 0.6 is 0 Å². The van der Waals surface area contributed by atoms with Crippen LogP contribution in [0.25, 0.3) is 28.2 Å². The molecule has 0 spiro atoms. The molecule has 0 saturated heterocycles. The van der Waals surface area contributed by atoms with Gasteiger partial charge in [0.25, 0.3) is 5.95 Å². The Morgan fingerprint density at radius 2 is 2.00 bits per heavy atom. The van der Waals surface area contributed by atoms with Crippen LogP contribution in [-0.4, -0.2) is 49.5 Å². The van der Waals surface area contributed by atoms with Crippen LogP contribution < -0.4 is 0 Å². The minimum Gasteiger partial charge on any atom is -0.360 e. The van der Waals surface area contributed by atoms with E-state index in [4.69, 9.17) is 0 Å². The minimum atomic E-state index is -0.309. The van der Waals surface area contributed by atoms with E-state index in [2.05, 4.69) is 35.3 Å². The number of nitrogens with zero attached hydrogens (tertiary/aromatic N) is 9. The zero-order valence-corrected chi connectivity index (χ0v) is 14.2. The first-order chi connectivity index (χ1) is 13.2. The summed E-state index contributed by atoms with van der Waals surface area (Å²) in [5.41, 5.74) is 1.45. The molecule has 4 aromatic heterocycles. The normalized spacial score (nSPS) is 11.5. The first kappa shape index (κ1) is 15.4. The number of rotatable bonds is 4. The number of hydrogen-bond acceptors (Lipinski definition) is 6. The zero-order chi connectivity index (χ0) is 18.4. The van der Waals surface area contributed by atoms with Crippen molar-refractivity contribution >= 4 is 10.9 Å². The van der Waals surface area contributed by atoms with Crippen LogP contribution in [0.1, 0.15) is 5.82 Å². The standard InChI is InChI=1S/C16H13FN10/c1-25-16(19-9-22-25)27-15(23-14(24-27)8-26-20-4-5-21-26)12-7-18-13-6-10(17)2-3-11(12)13/h2-7,9,18H,8H2,1H3. The molecule has 10 nitrogen and oxygen atoms in total. The Morgan fingerprint density at radius 1 is 1.15 bits per heavy atom. The maximum absolute atomic E-state index is 13.5. The summed E-state index contributed by atoms with van der Waals surface area (Å²) in [5.74, 6) is 1.27. The molecule has 0 unspecified atom stereocenters. The van der Waals surface area contributed by atoms with Gasteiger partial charge in [0.05, 0.1) is 12.4 Å². The Hall–Kier alpha value is -3.89. The third kappa shape index (κ3) is 2.56. The molecule has 0 saturated carbocycles. The number of H-pyrrole nitrogens is 1. The molecule has 0 atom stereocenters. The summed E-state index contributed by atoms with van der Waals surface area (Å²) in [4.78, 5) is 13.5. The smallest absolute Gasteiger partial charge is 0.250 e. The Morgan fingerprint density at radius 3 is 2.78 bits per heavy atom. The average molecular weight is 364 g/mol. The lowest BCUT2D eigenvalue weighted by Crippen LogP contribution is -2.09. The Kier molecular flexibility index (Phi) is 3.32. The van der Waals surface area contributed by atoms with E-state index in [-0.39, 0.29) is 5.82 Å². The summed E-state index contributed by atoms with van der Waals surface area (Å²) in [6.07, 6.45) is 6.40. The first-order valence-electron chi connectivity index (χ1n) is 8.10. The lowest BCUT2D eigenvalue weighted by molar-refractivity contribution is 0.567. The second-order valence-corrected chi connectivity index (χ2v) is 5.90. The number of nitrogens with one attached hydrogen (secondary N) is 1. The molecule has 5 aromatic rings. The van der Waals surface area contributed by atoms with Crippen molar-refractivity contribution in [1.29, 1.82) is 0 Å². The number of aromatic nitrogens is 10. The highest BCUT2D eigenvalue weighted by Crippen LogP contribution is 2.29. The van der Waals surface area contributed by atoms with Gasteiger partial charge in [0, 0.05) is 29.7 Å². The molecule has 0 amide bonds. The third-order valence-corrected chi connectivity index (χ3v) is 4.16. The van der Waals surface area contributed by atoms with E-state index in [9.17, 15) is 4.39 Å². The second-order valence-electron chi connectivity index (χ2n) is 5.90. The van der Waals surface area contributed by atoms with Crippen molar-refractivity contribution in [3.8, 4) is 17.3 Å². The highest BCUT2D eigenvalue weighted by atomic mass is 19.1. The summed E-state index contributed by atoms with van der Waals surface area (Å²) < 4.78 is 16.7. The summed E-state index contributed by atoms with van der Waals surface area (Å²) in [5, 5.41) is 17.7. The van der Waals surface area contributed by atoms with Crippen molar-refractivity contribution in [2.24, 2.45) is 7.05 Å². The van der Waals surface area contributed by atoms with E-state index >= 15 is 0 Å². The maximum Gasteiger partial charge on any atom is 0.250 e. The predicted octanol–water partition coefficient (Wildman–Crippen LogP) is 1.32. The van der Waals surface area contributed by atoms with Gasteiger partial charge in [-0.1, -0.05) is 0 Å². The average Bonchev–Trinajstić information content (AvgIpc) is 3.41. The molecule has 1 N–H and O–H groups in total. The highest BCUT2D eigenvalue weighted by molar-refractivity contribution is 5.94. The third-order valence-electron chi connectivity index (χ3n) is 4.16. The Labute approximate surface area is 151 Å². The molecule has 4 heterocycles. The van der Waals surface area contributed by atoms with Gasteiger partial charge < -0.3 is 4.98 Å². The molecule has 0 aliphatic carbocycles. The van der Waals surface area contributed by atoms with Crippen LogP contribution in [-0.2, 0) is 13.6 Å². The van der Waals surface area contributed by atoms with E-state index in [0.29, 0.717) is 29.7 Å². The van der Waals surface area contributed by atoms with Gasteiger partial charge in [-0.15, -0.1) is 5.10 Å². The molecule has 0 bridgehead atoms. The molecule has 134 valence electrons. The first-order valence-corrected chi connectivity index (χ1v) is 8.10. The van der Waals surface area contributed by atoms with E-state index < -0.39 is 0 Å². The quantitative estimate of drug-likeness (QED) is 0.515. The monoisotopic (exact) mass is 364 g/mol. The van der Waals surface area contributed by atoms with E-state index in [1.54, 1.807) is 41.1 Å². The molecular formula is C16H13FN10. The minimum absolute atomic E-state index is 0.307. The van der Waals surface area contributed by atoms with Crippen LogP contribution in [0.15, 0.2) is 43.1 Å². The van der Waals surface area contributed by atoms with Gasteiger partial charge in [-0.2, -0.15) is 29.8 Å². The summed E-state index contributed by atoms with van der Waals surface area (Å²) >= 11 is 0. The lowest BCUT2D eigenvalue weighted by Gasteiger charge is -2.03. The Balaban J connectivity index is 1.69. The van der Waals surface area contributed by atoms with Crippen molar-refractivity contribution in [3.05, 3.63) is 54.8 Å². The van der Waals surface area contributed by atoms with Crippen molar-refractivity contribution < 1.29 is 4.39 Å². The van der Waals surface area contributed by atoms with E-state index in [0.717, 1.165) is 10.9 Å². The number of aromatic amines is 1. The largest absolute Gasteiger partial charge is 0.360 e. The maximum atomic E-state index is 13.5. The summed E-state index contributed by atoms with van der Waals surface area (Å²) in [7, 11) is 1.77. The van der Waals surface area contributed by atoms with Crippen LogP contribution in [0.2, 0.25) is 0 Å². The molecule has 27 heavy (non-hydrogen) atoms. The molecule has 11 heteroatoms. The van der Waals surface area contributed by atoms with Crippen molar-refractivity contribution in [3.63, 3.8) is 0 Å². The molecule has 0 aliphatic rings. The summed E-state index contributed by atoms with van der Waals surface area (Å²) in [6.45, 7) is 0.307. The SMILES string of the molecule is Cn1ncnc1-n1nc(Cn2nccn2)nc1-c1c[nH]c2cc(F)ccc12. The molecule has 0 aliphatic heterocycles. The van der Waals surface area contributed by atoms with E-state index in [1.807, 2.05) is 0 Å². The summed E-state index contributed by atoms with van der Waals surface area (Å²) in [6, 6.07) is 4.56. The van der Waals surface area contributed by atoms with Gasteiger partial charge >= 0.3 is 0 Å². The van der Waals surface area contributed by atoms with Crippen molar-refractivity contribution in [1.82, 2.24) is 49.5 Å². The van der Waals surface area contributed by atoms with Gasteiger partial charge in [0.2, 0.25) is 0 Å². The van der Waals surface area contributed by atoms with Gasteiger partial charge in [-0.05, 0) is 18.2 Å². The van der Waals surface area contributed by atoms with Crippen LogP contribution in [0, 0.1) is 5.82 Å². The fourth-order valence-corrected chi connectivity index (χ4v) is 2.95. The number of halogens is 1. The fourth-order valence-electron chi connectivity index (χ4n) is 2.95. The van der Waals surface area contributed by atoms with Crippen molar-refractivity contribution in [2.75, 3.05) is 0 Å². The number of benzene rings is 1. The fraction of sp³-hybridized carbons (Fsp3) is 0.125. The van der Waals surface area contributed by atoms with E-state index in [1.165, 1.54) is 23.3 Å². The molecule has 0 radical (unpaired) electrons. The van der Waals surface area contributed by atoms with Gasteiger partial charge in [0.15, 0.2) is 11.6 Å². The molecular weight excluding hydrogens is 351 g/mol. The number of aryl methyl sites for hydroxylation is 1. The highest BCUT2D eigenvalue weighted by Gasteiger charge is 2.20. The Bertz CT molecular complexity index is 1230. The molecule has 5 rings (SSSR count). The van der Waals surface area contributed by atoms with Crippen LogP contribution in [0.4, 0.5) is 4.39 Å². The molecule has 0 fully saturated rings. The predicted molar refractivity (Wildman–Crippen MR) is 92.3 cm³/mol. The van der Waals surface area contributed by atoms with Crippen LogP contribution in [0.5, 0.6) is 0 Å².